The number of carbonyl (C=O) groups is 2. The fourth-order valence-electron chi connectivity index (χ4n) is 3.33. The number of aromatic amines is 1. The number of esters is 1. The Morgan fingerprint density at radius 1 is 1.11 bits per heavy atom. The van der Waals surface area contributed by atoms with Crippen LogP contribution in [-0.2, 0) is 20.7 Å². The third-order valence-electron chi connectivity index (χ3n) is 4.61. The summed E-state index contributed by atoms with van der Waals surface area (Å²) in [7, 11) is 0. The summed E-state index contributed by atoms with van der Waals surface area (Å²) in [6, 6.07) is 11.8. The van der Waals surface area contributed by atoms with Crippen molar-refractivity contribution in [1.29, 1.82) is 0 Å². The second kappa shape index (κ2) is 7.66. The highest BCUT2D eigenvalue weighted by atomic mass is 16.5. The highest BCUT2D eigenvalue weighted by molar-refractivity contribution is 5.96. The highest BCUT2D eigenvalue weighted by Gasteiger charge is 2.20. The molecule has 0 radical (unpaired) electrons. The average Bonchev–Trinajstić information content (AvgIpc) is 3.00. The normalized spacial score (nSPS) is 12.0. The average molecular weight is 364 g/mol. The number of benzene rings is 2. The number of carbonyl (C=O) groups excluding carboxylic acids is 2. The van der Waals surface area contributed by atoms with Gasteiger partial charge >= 0.3 is 5.97 Å². The van der Waals surface area contributed by atoms with Crippen LogP contribution in [0.3, 0.4) is 0 Å². The van der Waals surface area contributed by atoms with E-state index in [9.17, 15) is 9.59 Å². The minimum atomic E-state index is -0.872. The van der Waals surface area contributed by atoms with Gasteiger partial charge in [0, 0.05) is 22.8 Å². The van der Waals surface area contributed by atoms with Crippen LogP contribution in [0.25, 0.3) is 10.9 Å². The van der Waals surface area contributed by atoms with Gasteiger partial charge in [0.2, 0.25) is 0 Å². The first kappa shape index (κ1) is 18.7. The Hall–Kier alpha value is -3.08. The number of aryl methyl sites for hydroxylation is 3. The number of hydrogen-bond acceptors (Lipinski definition) is 3. The van der Waals surface area contributed by atoms with Crippen LogP contribution in [0.5, 0.6) is 0 Å². The molecule has 3 aromatic rings. The lowest BCUT2D eigenvalue weighted by Gasteiger charge is -2.17. The highest BCUT2D eigenvalue weighted by Crippen LogP contribution is 2.22. The molecule has 3 rings (SSSR count). The number of para-hydroxylation sites is 1. The monoisotopic (exact) mass is 364 g/mol. The van der Waals surface area contributed by atoms with Crippen molar-refractivity contribution in [3.63, 3.8) is 0 Å². The summed E-state index contributed by atoms with van der Waals surface area (Å²) in [5, 5.41) is 3.86. The Morgan fingerprint density at radius 3 is 2.48 bits per heavy atom. The van der Waals surface area contributed by atoms with E-state index in [1.165, 1.54) is 0 Å². The zero-order valence-electron chi connectivity index (χ0n) is 16.1. The lowest BCUT2D eigenvalue weighted by Crippen LogP contribution is -2.31. The van der Waals surface area contributed by atoms with E-state index >= 15 is 0 Å². The molecule has 0 aliphatic rings. The summed E-state index contributed by atoms with van der Waals surface area (Å²) in [6.07, 6.45) is 1.04. The standard InChI is InChI=1S/C22H24N2O3/c1-13-9-14(2)21(15(3)10-13)24-22(26)16(4)27-20(25)11-17-12-23-19-8-6-5-7-18(17)19/h5-10,12,16,23H,11H2,1-4H3,(H,24,26)/t16-/m0/s1. The molecule has 0 saturated heterocycles. The smallest absolute Gasteiger partial charge is 0.311 e. The first-order valence-corrected chi connectivity index (χ1v) is 8.98. The summed E-state index contributed by atoms with van der Waals surface area (Å²) in [4.78, 5) is 27.9. The van der Waals surface area contributed by atoms with Crippen molar-refractivity contribution in [3.8, 4) is 0 Å². The number of aromatic nitrogens is 1. The molecule has 0 aliphatic carbocycles. The molecule has 2 N–H and O–H groups in total. The lowest BCUT2D eigenvalue weighted by molar-refractivity contribution is -0.152. The number of hydrogen-bond donors (Lipinski definition) is 2. The van der Waals surface area contributed by atoms with Gasteiger partial charge in [-0.25, -0.2) is 0 Å². The molecule has 2 aromatic carbocycles. The van der Waals surface area contributed by atoms with Crippen molar-refractivity contribution in [3.05, 3.63) is 64.8 Å². The minimum absolute atomic E-state index is 0.115. The van der Waals surface area contributed by atoms with Gasteiger partial charge in [0.1, 0.15) is 0 Å². The van der Waals surface area contributed by atoms with Crippen LogP contribution < -0.4 is 5.32 Å². The summed E-state index contributed by atoms with van der Waals surface area (Å²) in [5.41, 5.74) is 5.70. The molecule has 0 bridgehead atoms. The van der Waals surface area contributed by atoms with E-state index in [-0.39, 0.29) is 12.3 Å². The molecule has 1 amide bonds. The SMILES string of the molecule is Cc1cc(C)c(NC(=O)[C@H](C)OC(=O)Cc2c[nH]c3ccccc23)c(C)c1. The van der Waals surface area contributed by atoms with Gasteiger partial charge in [0.05, 0.1) is 6.42 Å². The van der Waals surface area contributed by atoms with Gasteiger partial charge in [-0.2, -0.15) is 0 Å². The van der Waals surface area contributed by atoms with E-state index < -0.39 is 12.1 Å². The largest absolute Gasteiger partial charge is 0.452 e. The topological polar surface area (TPSA) is 71.2 Å². The van der Waals surface area contributed by atoms with Crippen molar-refractivity contribution in [1.82, 2.24) is 4.98 Å². The molecule has 0 unspecified atom stereocenters. The molecule has 27 heavy (non-hydrogen) atoms. The molecule has 0 spiro atoms. The Labute approximate surface area is 158 Å². The third kappa shape index (κ3) is 4.19. The second-order valence-corrected chi connectivity index (χ2v) is 6.93. The minimum Gasteiger partial charge on any atom is -0.452 e. The van der Waals surface area contributed by atoms with Crippen LogP contribution in [0.1, 0.15) is 29.2 Å². The Morgan fingerprint density at radius 2 is 1.78 bits per heavy atom. The van der Waals surface area contributed by atoms with Crippen LogP contribution in [0.2, 0.25) is 0 Å². The Kier molecular flexibility index (Phi) is 5.31. The quantitative estimate of drug-likeness (QED) is 0.666. The number of anilines is 1. The van der Waals surface area contributed by atoms with Crippen LogP contribution in [0, 0.1) is 20.8 Å². The summed E-state index contributed by atoms with van der Waals surface area (Å²) < 4.78 is 5.35. The Bertz CT molecular complexity index is 981. The molecular formula is C22H24N2O3. The maximum Gasteiger partial charge on any atom is 0.311 e. The molecular weight excluding hydrogens is 340 g/mol. The number of amides is 1. The molecule has 5 nitrogen and oxygen atoms in total. The van der Waals surface area contributed by atoms with Gasteiger partial charge in [0.25, 0.3) is 5.91 Å². The van der Waals surface area contributed by atoms with Crippen LogP contribution in [0.4, 0.5) is 5.69 Å². The molecule has 0 saturated carbocycles. The van der Waals surface area contributed by atoms with E-state index in [0.29, 0.717) is 0 Å². The van der Waals surface area contributed by atoms with Crippen molar-refractivity contribution in [2.24, 2.45) is 0 Å². The van der Waals surface area contributed by atoms with E-state index in [2.05, 4.69) is 10.3 Å². The predicted octanol–water partition coefficient (Wildman–Crippen LogP) is 4.21. The maximum absolute atomic E-state index is 12.5. The number of H-pyrrole nitrogens is 1. The first-order chi connectivity index (χ1) is 12.8. The van der Waals surface area contributed by atoms with Crippen LogP contribution in [-0.4, -0.2) is 23.0 Å². The summed E-state index contributed by atoms with van der Waals surface area (Å²) in [5.74, 6) is -0.767. The van der Waals surface area contributed by atoms with Gasteiger partial charge in [-0.1, -0.05) is 35.9 Å². The van der Waals surface area contributed by atoms with Gasteiger partial charge in [-0.3, -0.25) is 9.59 Å². The van der Waals surface area contributed by atoms with E-state index in [1.807, 2.05) is 57.2 Å². The maximum atomic E-state index is 12.5. The van der Waals surface area contributed by atoms with Gasteiger partial charge in [0.15, 0.2) is 6.10 Å². The molecule has 1 aromatic heterocycles. The number of nitrogens with one attached hydrogen (secondary N) is 2. The zero-order chi connectivity index (χ0) is 19.6. The van der Waals surface area contributed by atoms with Gasteiger partial charge in [-0.15, -0.1) is 0 Å². The summed E-state index contributed by atoms with van der Waals surface area (Å²) >= 11 is 0. The fourth-order valence-corrected chi connectivity index (χ4v) is 3.33. The van der Waals surface area contributed by atoms with Crippen molar-refractivity contribution < 1.29 is 14.3 Å². The van der Waals surface area contributed by atoms with E-state index in [1.54, 1.807) is 13.1 Å². The van der Waals surface area contributed by atoms with Crippen LogP contribution in [0.15, 0.2) is 42.6 Å². The third-order valence-corrected chi connectivity index (χ3v) is 4.61. The van der Waals surface area contributed by atoms with E-state index in [4.69, 9.17) is 4.74 Å². The molecule has 0 fully saturated rings. The van der Waals surface area contributed by atoms with E-state index in [0.717, 1.165) is 38.8 Å². The molecule has 140 valence electrons. The van der Waals surface area contributed by atoms with Crippen molar-refractivity contribution >= 4 is 28.5 Å². The van der Waals surface area contributed by atoms with Gasteiger partial charge in [-0.05, 0) is 50.5 Å². The first-order valence-electron chi connectivity index (χ1n) is 8.98. The number of fused-ring (bicyclic) bond motifs is 1. The molecule has 1 atom stereocenters. The zero-order valence-corrected chi connectivity index (χ0v) is 16.1. The van der Waals surface area contributed by atoms with Gasteiger partial charge < -0.3 is 15.0 Å². The van der Waals surface area contributed by atoms with Crippen molar-refractivity contribution in [2.45, 2.75) is 40.2 Å². The number of ether oxygens (including phenoxy) is 1. The Balaban J connectivity index is 1.63. The second-order valence-electron chi connectivity index (χ2n) is 6.93. The lowest BCUT2D eigenvalue weighted by atomic mass is 10.0. The molecule has 0 aliphatic heterocycles. The fraction of sp³-hybridized carbons (Fsp3) is 0.273. The summed E-state index contributed by atoms with van der Waals surface area (Å²) in [6.45, 7) is 7.49. The predicted molar refractivity (Wildman–Crippen MR) is 107 cm³/mol. The molecule has 1 heterocycles. The number of rotatable bonds is 5. The molecule has 5 heteroatoms. The van der Waals surface area contributed by atoms with Crippen molar-refractivity contribution in [2.75, 3.05) is 5.32 Å². The van der Waals surface area contributed by atoms with Crippen LogP contribution >= 0.6 is 0 Å².